The first-order valence-electron chi connectivity index (χ1n) is 3.71. The van der Waals surface area contributed by atoms with Crippen molar-refractivity contribution in [2.24, 2.45) is 5.16 Å². The number of hydrogen-bond acceptors (Lipinski definition) is 7. The predicted molar refractivity (Wildman–Crippen MR) is 52.5 cm³/mol. The van der Waals surface area contributed by atoms with E-state index < -0.39 is 17.7 Å². The van der Waals surface area contributed by atoms with Crippen molar-refractivity contribution in [2.45, 2.75) is 6.92 Å². The first kappa shape index (κ1) is 11.1. The third-order valence-corrected chi connectivity index (χ3v) is 1.91. The number of rotatable bonds is 3. The summed E-state index contributed by atoms with van der Waals surface area (Å²) in [4.78, 5) is 29.1. The average molecular weight is 229 g/mol. The zero-order valence-corrected chi connectivity index (χ0v) is 8.45. The number of oxime groups is 1. The van der Waals surface area contributed by atoms with Gasteiger partial charge in [0.25, 0.3) is 0 Å². The van der Waals surface area contributed by atoms with Gasteiger partial charge < -0.3 is 15.7 Å². The van der Waals surface area contributed by atoms with Crippen LogP contribution in [-0.4, -0.2) is 27.7 Å². The highest BCUT2D eigenvalue weighted by Gasteiger charge is 2.17. The Kier molecular flexibility index (Phi) is 3.34. The fourth-order valence-electron chi connectivity index (χ4n) is 0.702. The molecule has 0 fully saturated rings. The van der Waals surface area contributed by atoms with Gasteiger partial charge in [-0.15, -0.1) is 11.3 Å². The number of aliphatic carboxylic acids is 1. The number of carbonyl (C=O) groups excluding carboxylic acids is 1. The summed E-state index contributed by atoms with van der Waals surface area (Å²) < 4.78 is 0. The molecule has 8 heteroatoms. The second kappa shape index (κ2) is 4.51. The van der Waals surface area contributed by atoms with Crippen molar-refractivity contribution in [2.75, 3.05) is 5.73 Å². The van der Waals surface area contributed by atoms with Crippen molar-refractivity contribution in [3.05, 3.63) is 11.1 Å². The normalized spacial score (nSPS) is 11.1. The van der Waals surface area contributed by atoms with Gasteiger partial charge in [-0.1, -0.05) is 5.16 Å². The highest BCUT2D eigenvalue weighted by Crippen LogP contribution is 2.12. The molecule has 0 aliphatic carbocycles. The molecule has 3 N–H and O–H groups in total. The van der Waals surface area contributed by atoms with Crippen LogP contribution in [-0.2, 0) is 14.4 Å². The van der Waals surface area contributed by atoms with Gasteiger partial charge in [0.15, 0.2) is 5.13 Å². The fourth-order valence-corrected chi connectivity index (χ4v) is 1.25. The molecule has 0 saturated heterocycles. The highest BCUT2D eigenvalue weighted by atomic mass is 32.1. The minimum atomic E-state index is -1.35. The van der Waals surface area contributed by atoms with Crippen LogP contribution in [0.4, 0.5) is 5.13 Å². The van der Waals surface area contributed by atoms with E-state index in [4.69, 9.17) is 10.8 Å². The van der Waals surface area contributed by atoms with E-state index in [1.807, 2.05) is 0 Å². The molecule has 0 aliphatic heterocycles. The third-order valence-electron chi connectivity index (χ3n) is 1.23. The quantitative estimate of drug-likeness (QED) is 0.430. The molecule has 1 aromatic rings. The Hall–Kier alpha value is -1.96. The molecule has 0 radical (unpaired) electrons. The van der Waals surface area contributed by atoms with Gasteiger partial charge in [-0.05, 0) is 0 Å². The Bertz CT molecular complexity index is 426. The second-order valence-corrected chi connectivity index (χ2v) is 3.29. The third kappa shape index (κ3) is 3.02. The molecule has 1 rings (SSSR count). The van der Waals surface area contributed by atoms with E-state index in [1.54, 1.807) is 0 Å². The van der Waals surface area contributed by atoms with Crippen molar-refractivity contribution < 1.29 is 19.5 Å². The summed E-state index contributed by atoms with van der Waals surface area (Å²) in [5, 5.41) is 13.5. The summed E-state index contributed by atoms with van der Waals surface area (Å²) in [6, 6.07) is 0. The van der Waals surface area contributed by atoms with Crippen molar-refractivity contribution in [3.8, 4) is 0 Å². The molecule has 7 nitrogen and oxygen atoms in total. The monoisotopic (exact) mass is 229 g/mol. The second-order valence-electron chi connectivity index (χ2n) is 2.40. The Morgan fingerprint density at radius 2 is 2.33 bits per heavy atom. The number of carboxylic acids is 1. The van der Waals surface area contributed by atoms with Crippen LogP contribution in [0.5, 0.6) is 0 Å². The molecule has 0 amide bonds. The summed E-state index contributed by atoms with van der Waals surface area (Å²) in [6.07, 6.45) is 0. The van der Waals surface area contributed by atoms with E-state index >= 15 is 0 Å². The first-order valence-corrected chi connectivity index (χ1v) is 4.59. The summed E-state index contributed by atoms with van der Waals surface area (Å²) in [5.41, 5.74) is 4.93. The molecule has 1 heterocycles. The van der Waals surface area contributed by atoms with Gasteiger partial charge in [-0.3, -0.25) is 0 Å². The maximum absolute atomic E-state index is 10.7. The number of nitrogens with zero attached hydrogens (tertiary/aromatic N) is 2. The van der Waals surface area contributed by atoms with E-state index in [1.165, 1.54) is 5.38 Å². The minimum Gasteiger partial charge on any atom is -0.476 e. The topological polar surface area (TPSA) is 115 Å². The van der Waals surface area contributed by atoms with Gasteiger partial charge >= 0.3 is 11.9 Å². The zero-order valence-electron chi connectivity index (χ0n) is 7.63. The summed E-state index contributed by atoms with van der Waals surface area (Å²) in [5.74, 6) is -2.06. The van der Waals surface area contributed by atoms with Crippen LogP contribution >= 0.6 is 11.3 Å². The molecule has 0 bridgehead atoms. The lowest BCUT2D eigenvalue weighted by Crippen LogP contribution is -2.16. The van der Waals surface area contributed by atoms with Crippen LogP contribution < -0.4 is 5.73 Å². The fraction of sp³-hybridized carbons (Fsp3) is 0.143. The minimum absolute atomic E-state index is 0.0613. The summed E-state index contributed by atoms with van der Waals surface area (Å²) in [7, 11) is 0. The van der Waals surface area contributed by atoms with E-state index in [2.05, 4.69) is 15.0 Å². The van der Waals surface area contributed by atoms with Gasteiger partial charge in [-0.25, -0.2) is 14.6 Å². The molecule has 15 heavy (non-hydrogen) atoms. The lowest BCUT2D eigenvalue weighted by Gasteiger charge is -1.95. The highest BCUT2D eigenvalue weighted by molar-refractivity contribution is 7.13. The lowest BCUT2D eigenvalue weighted by atomic mass is 10.3. The maximum atomic E-state index is 10.7. The van der Waals surface area contributed by atoms with Crippen LogP contribution in [0.25, 0.3) is 0 Å². The van der Waals surface area contributed by atoms with Gasteiger partial charge in [0.1, 0.15) is 5.69 Å². The van der Waals surface area contributed by atoms with E-state index in [0.717, 1.165) is 18.3 Å². The average Bonchev–Trinajstić information content (AvgIpc) is 2.51. The molecule has 0 atom stereocenters. The van der Waals surface area contributed by atoms with E-state index in [9.17, 15) is 9.59 Å². The molecule has 0 saturated carbocycles. The number of nitrogen functional groups attached to an aromatic ring is 1. The Balaban J connectivity index is 2.98. The summed E-state index contributed by atoms with van der Waals surface area (Å²) >= 11 is 1.07. The van der Waals surface area contributed by atoms with Crippen molar-refractivity contribution >= 4 is 34.1 Å². The number of aromatic nitrogens is 1. The van der Waals surface area contributed by atoms with E-state index in [-0.39, 0.29) is 10.8 Å². The first-order chi connectivity index (χ1) is 7.00. The largest absolute Gasteiger partial charge is 0.476 e. The van der Waals surface area contributed by atoms with Gasteiger partial charge in [-0.2, -0.15) is 0 Å². The molecule has 0 unspecified atom stereocenters. The number of carboxylic acid groups (broad SMARTS) is 1. The summed E-state index contributed by atoms with van der Waals surface area (Å²) in [6.45, 7) is 1.11. The van der Waals surface area contributed by atoms with Gasteiger partial charge in [0.05, 0.1) is 0 Å². The maximum Gasteiger partial charge on any atom is 0.360 e. The molecule has 0 spiro atoms. The number of nitrogens with two attached hydrogens (primary N) is 1. The molecule has 0 aliphatic rings. The molecule has 80 valence electrons. The van der Waals surface area contributed by atoms with Crippen LogP contribution in [0.15, 0.2) is 10.5 Å². The predicted octanol–water partition coefficient (Wildman–Crippen LogP) is 0.0771. The van der Waals surface area contributed by atoms with Crippen molar-refractivity contribution in [1.29, 1.82) is 0 Å². The SMILES string of the molecule is CC(=O)ON=C(C(=O)O)c1csc(N)n1. The number of carbonyl (C=O) groups is 2. The zero-order chi connectivity index (χ0) is 11.4. The van der Waals surface area contributed by atoms with Crippen LogP contribution in [0, 0.1) is 0 Å². The number of anilines is 1. The molecular formula is C7H7N3O4S. The Morgan fingerprint density at radius 3 is 2.73 bits per heavy atom. The number of hydrogen-bond donors (Lipinski definition) is 2. The standard InChI is InChI=1S/C7H7N3O4S/c1-3(11)14-10-5(6(12)13)4-2-15-7(8)9-4/h2H,1H3,(H2,8,9)(H,12,13). The smallest absolute Gasteiger partial charge is 0.360 e. The Morgan fingerprint density at radius 1 is 1.67 bits per heavy atom. The Labute approximate surface area is 88.2 Å². The van der Waals surface area contributed by atoms with Crippen molar-refractivity contribution in [1.82, 2.24) is 4.98 Å². The van der Waals surface area contributed by atoms with Gasteiger partial charge in [0, 0.05) is 12.3 Å². The molecule has 1 aromatic heterocycles. The molecule has 0 aromatic carbocycles. The van der Waals surface area contributed by atoms with Crippen LogP contribution in [0.2, 0.25) is 0 Å². The van der Waals surface area contributed by atoms with E-state index in [0.29, 0.717) is 0 Å². The van der Waals surface area contributed by atoms with Crippen molar-refractivity contribution in [3.63, 3.8) is 0 Å². The van der Waals surface area contributed by atoms with Crippen LogP contribution in [0.3, 0.4) is 0 Å². The van der Waals surface area contributed by atoms with Gasteiger partial charge in [0.2, 0.25) is 5.71 Å². The molecular weight excluding hydrogens is 222 g/mol. The number of thiazole rings is 1. The lowest BCUT2D eigenvalue weighted by molar-refractivity contribution is -0.141. The van der Waals surface area contributed by atoms with Crippen LogP contribution in [0.1, 0.15) is 12.6 Å².